The molecule has 0 bridgehead atoms. The van der Waals surface area contributed by atoms with Crippen LogP contribution >= 0.6 is 11.6 Å². The molecule has 0 radical (unpaired) electrons. The van der Waals surface area contributed by atoms with E-state index in [-0.39, 0.29) is 11.9 Å². The third-order valence-corrected chi connectivity index (χ3v) is 3.72. The predicted molar refractivity (Wildman–Crippen MR) is 82.6 cm³/mol. The second-order valence-corrected chi connectivity index (χ2v) is 5.80. The molecule has 20 heavy (non-hydrogen) atoms. The molecule has 1 nitrogen and oxygen atoms in total. The van der Waals surface area contributed by atoms with Crippen molar-refractivity contribution in [3.8, 4) is 0 Å². The van der Waals surface area contributed by atoms with Crippen LogP contribution in [0.25, 0.3) is 0 Å². The van der Waals surface area contributed by atoms with E-state index in [0.29, 0.717) is 22.9 Å². The summed E-state index contributed by atoms with van der Waals surface area (Å²) in [7, 11) is 0. The summed E-state index contributed by atoms with van der Waals surface area (Å²) in [5.74, 6) is 0.195. The lowest BCUT2D eigenvalue weighted by Crippen LogP contribution is -2.14. The molecular weight excluding hydrogens is 273 g/mol. The molecule has 3 heteroatoms. The topological polar surface area (TPSA) is 26.0 Å². The van der Waals surface area contributed by atoms with Gasteiger partial charge in [-0.05, 0) is 41.2 Å². The van der Waals surface area contributed by atoms with Gasteiger partial charge in [-0.1, -0.05) is 55.8 Å². The van der Waals surface area contributed by atoms with Gasteiger partial charge in [0.05, 0.1) is 0 Å². The number of halogens is 2. The molecule has 2 rings (SSSR count). The van der Waals surface area contributed by atoms with E-state index in [1.165, 1.54) is 11.6 Å². The monoisotopic (exact) mass is 291 g/mol. The average Bonchev–Trinajstić information content (AvgIpc) is 2.42. The number of benzene rings is 2. The molecule has 0 fully saturated rings. The Kier molecular flexibility index (Phi) is 4.79. The Hall–Kier alpha value is -1.38. The molecule has 0 heterocycles. The lowest BCUT2D eigenvalue weighted by Gasteiger charge is -2.14. The maximum atomic E-state index is 13.8. The molecule has 0 aliphatic heterocycles. The second-order valence-electron chi connectivity index (χ2n) is 5.37. The van der Waals surface area contributed by atoms with Gasteiger partial charge in [-0.3, -0.25) is 0 Å². The van der Waals surface area contributed by atoms with Gasteiger partial charge in [-0.25, -0.2) is 4.39 Å². The lowest BCUT2D eigenvalue weighted by atomic mass is 9.96. The summed E-state index contributed by atoms with van der Waals surface area (Å²) in [6.07, 6.45) is 0.462. The van der Waals surface area contributed by atoms with Gasteiger partial charge in [0.15, 0.2) is 0 Å². The Labute approximate surface area is 124 Å². The summed E-state index contributed by atoms with van der Waals surface area (Å²) in [5, 5.41) is 0.404. The zero-order valence-corrected chi connectivity index (χ0v) is 12.5. The first-order valence-corrected chi connectivity index (χ1v) is 7.14. The smallest absolute Gasteiger partial charge is 0.127 e. The van der Waals surface area contributed by atoms with E-state index in [1.54, 1.807) is 12.1 Å². The van der Waals surface area contributed by atoms with Crippen LogP contribution in [0.2, 0.25) is 5.02 Å². The van der Waals surface area contributed by atoms with Gasteiger partial charge >= 0.3 is 0 Å². The first kappa shape index (κ1) is 15.0. The van der Waals surface area contributed by atoms with E-state index in [1.807, 2.05) is 12.1 Å². The minimum absolute atomic E-state index is 0.216. The molecule has 0 spiro atoms. The summed E-state index contributed by atoms with van der Waals surface area (Å²) in [4.78, 5) is 0. The summed E-state index contributed by atoms with van der Waals surface area (Å²) >= 11 is 5.75. The zero-order valence-electron chi connectivity index (χ0n) is 11.7. The largest absolute Gasteiger partial charge is 0.324 e. The Balaban J connectivity index is 2.13. The van der Waals surface area contributed by atoms with E-state index in [0.717, 1.165) is 5.56 Å². The molecule has 1 atom stereocenters. The summed E-state index contributed by atoms with van der Waals surface area (Å²) in [5.41, 5.74) is 9.05. The summed E-state index contributed by atoms with van der Waals surface area (Å²) in [6, 6.07) is 12.7. The minimum atomic E-state index is -0.299. The minimum Gasteiger partial charge on any atom is -0.324 e. The van der Waals surface area contributed by atoms with E-state index >= 15 is 0 Å². The van der Waals surface area contributed by atoms with E-state index in [9.17, 15) is 4.39 Å². The van der Waals surface area contributed by atoms with Crippen molar-refractivity contribution in [1.29, 1.82) is 0 Å². The van der Waals surface area contributed by atoms with Gasteiger partial charge in [-0.15, -0.1) is 0 Å². The normalized spacial score (nSPS) is 12.7. The fourth-order valence-electron chi connectivity index (χ4n) is 2.17. The molecule has 0 saturated heterocycles. The SMILES string of the molecule is CC(C)c1ccc(C(N)Cc2ccc(Cl)cc2F)cc1. The highest BCUT2D eigenvalue weighted by Gasteiger charge is 2.11. The van der Waals surface area contributed by atoms with Gasteiger partial charge in [0, 0.05) is 11.1 Å². The van der Waals surface area contributed by atoms with Gasteiger partial charge in [0.25, 0.3) is 0 Å². The van der Waals surface area contributed by atoms with Crippen LogP contribution in [0.1, 0.15) is 42.5 Å². The average molecular weight is 292 g/mol. The molecule has 1 unspecified atom stereocenters. The highest BCUT2D eigenvalue weighted by molar-refractivity contribution is 6.30. The van der Waals surface area contributed by atoms with Crippen LogP contribution in [0, 0.1) is 5.82 Å². The van der Waals surface area contributed by atoms with Gasteiger partial charge in [-0.2, -0.15) is 0 Å². The quantitative estimate of drug-likeness (QED) is 0.856. The fourth-order valence-corrected chi connectivity index (χ4v) is 2.33. The maximum Gasteiger partial charge on any atom is 0.127 e. The van der Waals surface area contributed by atoms with Crippen molar-refractivity contribution in [2.45, 2.75) is 32.2 Å². The molecule has 106 valence electrons. The van der Waals surface area contributed by atoms with E-state index in [2.05, 4.69) is 26.0 Å². The molecule has 0 aromatic heterocycles. The van der Waals surface area contributed by atoms with Crippen LogP contribution in [-0.4, -0.2) is 0 Å². The Bertz CT molecular complexity index is 578. The molecule has 2 aromatic rings. The number of hydrogen-bond donors (Lipinski definition) is 1. The maximum absolute atomic E-state index is 13.8. The summed E-state index contributed by atoms with van der Waals surface area (Å²) < 4.78 is 13.8. The zero-order chi connectivity index (χ0) is 14.7. The van der Waals surface area contributed by atoms with Gasteiger partial charge in [0.2, 0.25) is 0 Å². The van der Waals surface area contributed by atoms with E-state index in [4.69, 9.17) is 17.3 Å². The molecule has 2 N–H and O–H groups in total. The number of hydrogen-bond acceptors (Lipinski definition) is 1. The van der Waals surface area contributed by atoms with Crippen LogP contribution < -0.4 is 5.73 Å². The van der Waals surface area contributed by atoms with Crippen LogP contribution in [-0.2, 0) is 6.42 Å². The molecule has 0 saturated carbocycles. The Morgan fingerprint density at radius 2 is 1.65 bits per heavy atom. The lowest BCUT2D eigenvalue weighted by molar-refractivity contribution is 0.593. The van der Waals surface area contributed by atoms with Crippen molar-refractivity contribution in [2.24, 2.45) is 5.73 Å². The first-order chi connectivity index (χ1) is 9.47. The van der Waals surface area contributed by atoms with Crippen LogP contribution in [0.5, 0.6) is 0 Å². The van der Waals surface area contributed by atoms with E-state index < -0.39 is 0 Å². The van der Waals surface area contributed by atoms with Crippen molar-refractivity contribution >= 4 is 11.6 Å². The third-order valence-electron chi connectivity index (χ3n) is 3.49. The van der Waals surface area contributed by atoms with Crippen molar-refractivity contribution in [2.75, 3.05) is 0 Å². The first-order valence-electron chi connectivity index (χ1n) is 6.76. The highest BCUT2D eigenvalue weighted by Crippen LogP contribution is 2.22. The third kappa shape index (κ3) is 3.59. The van der Waals surface area contributed by atoms with Crippen molar-refractivity contribution in [3.05, 3.63) is 70.0 Å². The second kappa shape index (κ2) is 6.38. The molecule has 0 aliphatic carbocycles. The van der Waals surface area contributed by atoms with Crippen molar-refractivity contribution in [3.63, 3.8) is 0 Å². The van der Waals surface area contributed by atoms with Crippen LogP contribution in [0.15, 0.2) is 42.5 Å². The molecule has 2 aromatic carbocycles. The Morgan fingerprint density at radius 1 is 1.05 bits per heavy atom. The van der Waals surface area contributed by atoms with Crippen molar-refractivity contribution in [1.82, 2.24) is 0 Å². The molecule has 0 amide bonds. The summed E-state index contributed by atoms with van der Waals surface area (Å²) in [6.45, 7) is 4.30. The standard InChI is InChI=1S/C17H19ClFN/c1-11(2)12-3-5-13(6-4-12)17(20)9-14-7-8-15(18)10-16(14)19/h3-8,10-11,17H,9,20H2,1-2H3. The predicted octanol–water partition coefficient (Wildman–Crippen LogP) is 4.85. The number of nitrogens with two attached hydrogens (primary N) is 1. The highest BCUT2D eigenvalue weighted by atomic mass is 35.5. The van der Waals surface area contributed by atoms with Gasteiger partial charge < -0.3 is 5.73 Å². The number of rotatable bonds is 4. The van der Waals surface area contributed by atoms with Crippen LogP contribution in [0.4, 0.5) is 4.39 Å². The van der Waals surface area contributed by atoms with Gasteiger partial charge in [0.1, 0.15) is 5.82 Å². The molecule has 0 aliphatic rings. The fraction of sp³-hybridized carbons (Fsp3) is 0.294. The molecular formula is C17H19ClFN. The van der Waals surface area contributed by atoms with Crippen LogP contribution in [0.3, 0.4) is 0 Å². The van der Waals surface area contributed by atoms with Crippen molar-refractivity contribution < 1.29 is 4.39 Å². The Morgan fingerprint density at radius 3 is 2.20 bits per heavy atom.